The van der Waals surface area contributed by atoms with Crippen LogP contribution in [0.25, 0.3) is 0 Å². The van der Waals surface area contributed by atoms with Gasteiger partial charge < -0.3 is 10.2 Å². The van der Waals surface area contributed by atoms with Crippen molar-refractivity contribution < 1.29 is 4.79 Å². The molecule has 1 saturated heterocycles. The number of hydrogen-bond acceptors (Lipinski definition) is 2. The minimum atomic E-state index is 0.329. The summed E-state index contributed by atoms with van der Waals surface area (Å²) >= 11 is 0. The molecular weight excluding hydrogens is 248 g/mol. The summed E-state index contributed by atoms with van der Waals surface area (Å²) in [6, 6.07) is 1.13. The summed E-state index contributed by atoms with van der Waals surface area (Å²) in [6.07, 6.45) is 11.1. The molecule has 1 aliphatic heterocycles. The van der Waals surface area contributed by atoms with Crippen molar-refractivity contribution in [3.8, 4) is 0 Å². The van der Waals surface area contributed by atoms with E-state index in [0.29, 0.717) is 23.9 Å². The quantitative estimate of drug-likeness (QED) is 0.857. The number of nitrogens with one attached hydrogen (secondary N) is 1. The van der Waals surface area contributed by atoms with Crippen LogP contribution in [-0.4, -0.2) is 36.0 Å². The Hall–Kier alpha value is -0.570. The Morgan fingerprint density at radius 3 is 2.40 bits per heavy atom. The molecule has 20 heavy (non-hydrogen) atoms. The Morgan fingerprint density at radius 2 is 1.80 bits per heavy atom. The van der Waals surface area contributed by atoms with Gasteiger partial charge in [-0.3, -0.25) is 4.79 Å². The largest absolute Gasteiger partial charge is 0.338 e. The van der Waals surface area contributed by atoms with Gasteiger partial charge in [0.05, 0.1) is 0 Å². The number of carbonyl (C=O) groups is 1. The maximum atomic E-state index is 12.9. The number of piperidine rings is 1. The van der Waals surface area contributed by atoms with Crippen LogP contribution in [0.4, 0.5) is 0 Å². The van der Waals surface area contributed by atoms with E-state index in [1.807, 2.05) is 0 Å². The Kier molecular flexibility index (Phi) is 4.65. The lowest BCUT2D eigenvalue weighted by molar-refractivity contribution is -0.137. The highest BCUT2D eigenvalue weighted by Gasteiger charge is 2.37. The summed E-state index contributed by atoms with van der Waals surface area (Å²) in [5, 5.41) is 3.60. The zero-order valence-electron chi connectivity index (χ0n) is 12.9. The second-order valence-electron chi connectivity index (χ2n) is 7.33. The van der Waals surface area contributed by atoms with E-state index in [-0.39, 0.29) is 0 Å². The predicted molar refractivity (Wildman–Crippen MR) is 81.5 cm³/mol. The summed E-state index contributed by atoms with van der Waals surface area (Å²) in [5.41, 5.74) is 0. The van der Waals surface area contributed by atoms with Crippen molar-refractivity contribution in [1.29, 1.82) is 0 Å². The monoisotopic (exact) mass is 278 g/mol. The second-order valence-corrected chi connectivity index (χ2v) is 7.33. The van der Waals surface area contributed by atoms with E-state index in [2.05, 4.69) is 17.1 Å². The van der Waals surface area contributed by atoms with Crippen molar-refractivity contribution in [2.45, 2.75) is 76.8 Å². The highest BCUT2D eigenvalue weighted by atomic mass is 16.2. The lowest BCUT2D eigenvalue weighted by Crippen LogP contribution is -2.48. The fraction of sp³-hybridized carbons (Fsp3) is 0.941. The number of nitrogens with zero attached hydrogens (tertiary/aromatic N) is 1. The second kappa shape index (κ2) is 6.46. The first-order valence-corrected chi connectivity index (χ1v) is 8.78. The molecule has 2 saturated carbocycles. The fourth-order valence-corrected chi connectivity index (χ4v) is 3.86. The van der Waals surface area contributed by atoms with Gasteiger partial charge >= 0.3 is 0 Å². The van der Waals surface area contributed by atoms with E-state index in [0.717, 1.165) is 31.8 Å². The van der Waals surface area contributed by atoms with E-state index in [1.54, 1.807) is 0 Å². The SMILES string of the molecule is CC1CCC(C(=O)N(CC2CCCCN2)C2CC2)CC1. The van der Waals surface area contributed by atoms with Gasteiger partial charge in [-0.15, -0.1) is 0 Å². The fourth-order valence-electron chi connectivity index (χ4n) is 3.86. The summed E-state index contributed by atoms with van der Waals surface area (Å²) in [7, 11) is 0. The third kappa shape index (κ3) is 3.55. The highest BCUT2D eigenvalue weighted by molar-refractivity contribution is 5.79. The molecule has 3 fully saturated rings. The first-order valence-electron chi connectivity index (χ1n) is 8.78. The van der Waals surface area contributed by atoms with Gasteiger partial charge in [0.25, 0.3) is 0 Å². The van der Waals surface area contributed by atoms with Crippen LogP contribution in [0.2, 0.25) is 0 Å². The van der Waals surface area contributed by atoms with Crippen LogP contribution in [-0.2, 0) is 4.79 Å². The lowest BCUT2D eigenvalue weighted by atomic mass is 9.82. The molecule has 3 nitrogen and oxygen atoms in total. The third-order valence-corrected chi connectivity index (χ3v) is 5.47. The van der Waals surface area contributed by atoms with Crippen LogP contribution >= 0.6 is 0 Å². The molecule has 0 radical (unpaired) electrons. The van der Waals surface area contributed by atoms with Gasteiger partial charge in [-0.05, 0) is 63.8 Å². The van der Waals surface area contributed by atoms with Crippen LogP contribution in [0.1, 0.15) is 64.7 Å². The Bertz CT molecular complexity index is 326. The molecule has 1 unspecified atom stereocenters. The molecule has 1 atom stereocenters. The van der Waals surface area contributed by atoms with Gasteiger partial charge in [0.2, 0.25) is 5.91 Å². The maximum absolute atomic E-state index is 12.9. The van der Waals surface area contributed by atoms with Crippen molar-refractivity contribution in [3.63, 3.8) is 0 Å². The van der Waals surface area contributed by atoms with Crippen LogP contribution in [0, 0.1) is 11.8 Å². The molecule has 1 N–H and O–H groups in total. The van der Waals surface area contributed by atoms with E-state index >= 15 is 0 Å². The van der Waals surface area contributed by atoms with Crippen molar-refractivity contribution in [2.24, 2.45) is 11.8 Å². The van der Waals surface area contributed by atoms with Crippen molar-refractivity contribution >= 4 is 5.91 Å². The zero-order chi connectivity index (χ0) is 13.9. The van der Waals surface area contributed by atoms with E-state index in [9.17, 15) is 4.79 Å². The molecule has 0 aromatic rings. The molecule has 0 spiro atoms. The first kappa shape index (κ1) is 14.4. The molecule has 114 valence electrons. The van der Waals surface area contributed by atoms with Gasteiger partial charge in [0, 0.05) is 24.5 Å². The molecular formula is C17H30N2O. The Balaban J connectivity index is 1.56. The molecule has 0 aromatic heterocycles. The van der Waals surface area contributed by atoms with Crippen molar-refractivity contribution in [3.05, 3.63) is 0 Å². The van der Waals surface area contributed by atoms with Crippen LogP contribution in [0.5, 0.6) is 0 Å². The van der Waals surface area contributed by atoms with Crippen LogP contribution < -0.4 is 5.32 Å². The highest BCUT2D eigenvalue weighted by Crippen LogP contribution is 2.34. The molecule has 3 aliphatic rings. The smallest absolute Gasteiger partial charge is 0.225 e. The number of hydrogen-bond donors (Lipinski definition) is 1. The number of amides is 1. The predicted octanol–water partition coefficient (Wildman–Crippen LogP) is 2.95. The molecule has 0 bridgehead atoms. The third-order valence-electron chi connectivity index (χ3n) is 5.47. The van der Waals surface area contributed by atoms with Gasteiger partial charge in [0.15, 0.2) is 0 Å². The van der Waals surface area contributed by atoms with Crippen molar-refractivity contribution in [1.82, 2.24) is 10.2 Å². The van der Waals surface area contributed by atoms with E-state index < -0.39 is 0 Å². The topological polar surface area (TPSA) is 32.3 Å². The number of carbonyl (C=O) groups excluding carboxylic acids is 1. The normalized spacial score (nSPS) is 34.8. The summed E-state index contributed by atoms with van der Waals surface area (Å²) in [5.74, 6) is 1.63. The molecule has 2 aliphatic carbocycles. The van der Waals surface area contributed by atoms with Gasteiger partial charge in [-0.25, -0.2) is 0 Å². The minimum Gasteiger partial charge on any atom is -0.338 e. The average molecular weight is 278 g/mol. The molecule has 3 heteroatoms. The number of rotatable bonds is 4. The first-order chi connectivity index (χ1) is 9.74. The Morgan fingerprint density at radius 1 is 1.05 bits per heavy atom. The van der Waals surface area contributed by atoms with Gasteiger partial charge in [-0.1, -0.05) is 13.3 Å². The van der Waals surface area contributed by atoms with E-state index in [1.165, 1.54) is 44.9 Å². The zero-order valence-corrected chi connectivity index (χ0v) is 12.9. The molecule has 1 amide bonds. The molecule has 1 heterocycles. The van der Waals surface area contributed by atoms with Gasteiger partial charge in [-0.2, -0.15) is 0 Å². The van der Waals surface area contributed by atoms with Gasteiger partial charge in [0.1, 0.15) is 0 Å². The lowest BCUT2D eigenvalue weighted by Gasteiger charge is -2.35. The maximum Gasteiger partial charge on any atom is 0.225 e. The Labute approximate surface area is 123 Å². The van der Waals surface area contributed by atoms with Crippen molar-refractivity contribution in [2.75, 3.05) is 13.1 Å². The van der Waals surface area contributed by atoms with Crippen LogP contribution in [0.3, 0.4) is 0 Å². The average Bonchev–Trinajstić information content (AvgIpc) is 3.30. The summed E-state index contributed by atoms with van der Waals surface area (Å²) in [6.45, 7) is 4.43. The molecule has 0 aromatic carbocycles. The standard InChI is InChI=1S/C17H30N2O/c1-13-5-7-14(8-6-13)17(20)19(16-9-10-16)12-15-4-2-3-11-18-15/h13-16,18H,2-12H2,1H3. The summed E-state index contributed by atoms with van der Waals surface area (Å²) < 4.78 is 0. The van der Waals surface area contributed by atoms with E-state index in [4.69, 9.17) is 0 Å². The minimum absolute atomic E-state index is 0.329. The van der Waals surface area contributed by atoms with Crippen LogP contribution in [0.15, 0.2) is 0 Å². The molecule has 3 rings (SSSR count). The summed E-state index contributed by atoms with van der Waals surface area (Å²) in [4.78, 5) is 15.1.